The van der Waals surface area contributed by atoms with E-state index in [2.05, 4.69) is 4.72 Å². The van der Waals surface area contributed by atoms with Gasteiger partial charge in [0, 0.05) is 23.8 Å². The number of nitrogens with zero attached hydrogens (tertiary/aromatic N) is 1. The molecule has 0 atom stereocenters. The van der Waals surface area contributed by atoms with E-state index < -0.39 is 10.0 Å². The van der Waals surface area contributed by atoms with Crippen LogP contribution in [0.4, 0.5) is 5.69 Å². The number of benzene rings is 2. The van der Waals surface area contributed by atoms with Gasteiger partial charge in [0.05, 0.1) is 15.5 Å². The fourth-order valence-corrected chi connectivity index (χ4v) is 4.24. The van der Waals surface area contributed by atoms with Crippen LogP contribution in [-0.2, 0) is 10.0 Å². The fraction of sp³-hybridized carbons (Fsp3) is 0.278. The van der Waals surface area contributed by atoms with Crippen molar-refractivity contribution in [1.29, 1.82) is 0 Å². The Bertz CT molecular complexity index is 909. The van der Waals surface area contributed by atoms with Gasteiger partial charge in [0.1, 0.15) is 0 Å². The van der Waals surface area contributed by atoms with Crippen LogP contribution in [0.25, 0.3) is 0 Å². The van der Waals surface area contributed by atoms with Crippen molar-refractivity contribution in [3.63, 3.8) is 0 Å². The van der Waals surface area contributed by atoms with E-state index in [1.54, 1.807) is 29.2 Å². The van der Waals surface area contributed by atoms with Crippen molar-refractivity contribution in [3.8, 4) is 0 Å². The van der Waals surface area contributed by atoms with E-state index in [0.29, 0.717) is 23.8 Å². The molecular weight excluding hydrogens is 395 g/mol. The van der Waals surface area contributed by atoms with Crippen LogP contribution in [0.15, 0.2) is 47.4 Å². The molecule has 0 aliphatic carbocycles. The van der Waals surface area contributed by atoms with Crippen molar-refractivity contribution in [3.05, 3.63) is 58.1 Å². The second-order valence-corrected chi connectivity index (χ2v) is 8.63. The second-order valence-electron chi connectivity index (χ2n) is 6.11. The smallest absolute Gasteiger partial charge is 0.261 e. The highest BCUT2D eigenvalue weighted by Crippen LogP contribution is 2.25. The summed E-state index contributed by atoms with van der Waals surface area (Å²) in [6.07, 6.45) is 2.98. The first-order valence-corrected chi connectivity index (χ1v) is 10.5. The van der Waals surface area contributed by atoms with Crippen molar-refractivity contribution in [1.82, 2.24) is 4.90 Å². The van der Waals surface area contributed by atoms with E-state index in [0.717, 1.165) is 19.3 Å². The molecule has 5 nitrogen and oxygen atoms in total. The first-order valence-electron chi connectivity index (χ1n) is 8.24. The van der Waals surface area contributed by atoms with Crippen LogP contribution in [0.5, 0.6) is 0 Å². The van der Waals surface area contributed by atoms with Gasteiger partial charge in [-0.3, -0.25) is 9.52 Å². The first kappa shape index (κ1) is 19.0. The summed E-state index contributed by atoms with van der Waals surface area (Å²) >= 11 is 12.0. The van der Waals surface area contributed by atoms with Gasteiger partial charge >= 0.3 is 0 Å². The van der Waals surface area contributed by atoms with E-state index in [9.17, 15) is 13.2 Å². The summed E-state index contributed by atoms with van der Waals surface area (Å²) in [4.78, 5) is 14.4. The minimum absolute atomic E-state index is 0.0165. The number of rotatable bonds is 4. The summed E-state index contributed by atoms with van der Waals surface area (Å²) in [6, 6.07) is 10.5. The molecule has 0 spiro atoms. The minimum Gasteiger partial charge on any atom is -0.339 e. The molecule has 0 bridgehead atoms. The Morgan fingerprint density at radius 2 is 1.62 bits per heavy atom. The molecule has 3 rings (SSSR count). The lowest BCUT2D eigenvalue weighted by atomic mass is 10.1. The molecule has 1 N–H and O–H groups in total. The van der Waals surface area contributed by atoms with Crippen molar-refractivity contribution >= 4 is 44.8 Å². The topological polar surface area (TPSA) is 66.5 Å². The molecule has 0 radical (unpaired) electrons. The summed E-state index contributed by atoms with van der Waals surface area (Å²) < 4.78 is 27.7. The lowest BCUT2D eigenvalue weighted by Gasteiger charge is -2.27. The molecule has 1 aliphatic rings. The van der Waals surface area contributed by atoms with Gasteiger partial charge in [-0.1, -0.05) is 23.2 Å². The third-order valence-corrected chi connectivity index (χ3v) is 6.18. The number of amides is 1. The Labute approximate surface area is 163 Å². The number of anilines is 1. The maximum absolute atomic E-state index is 12.7. The number of likely N-dealkylation sites (tertiary alicyclic amines) is 1. The normalized spacial score (nSPS) is 14.9. The average molecular weight is 413 g/mol. The molecule has 0 saturated carbocycles. The monoisotopic (exact) mass is 412 g/mol. The average Bonchev–Trinajstić information content (AvgIpc) is 2.64. The molecule has 1 aliphatic heterocycles. The van der Waals surface area contributed by atoms with E-state index in [1.165, 1.54) is 18.2 Å². The molecule has 138 valence electrons. The highest BCUT2D eigenvalue weighted by atomic mass is 35.5. The molecule has 8 heteroatoms. The predicted molar refractivity (Wildman–Crippen MR) is 103 cm³/mol. The molecule has 0 unspecified atom stereocenters. The Balaban J connectivity index is 1.88. The third kappa shape index (κ3) is 4.31. The van der Waals surface area contributed by atoms with E-state index in [-0.39, 0.29) is 21.4 Å². The lowest BCUT2D eigenvalue weighted by Crippen LogP contribution is -2.35. The zero-order valence-electron chi connectivity index (χ0n) is 13.9. The Hall–Kier alpha value is -1.76. The van der Waals surface area contributed by atoms with Crippen molar-refractivity contribution < 1.29 is 13.2 Å². The van der Waals surface area contributed by atoms with E-state index in [1.807, 2.05) is 0 Å². The largest absolute Gasteiger partial charge is 0.339 e. The molecule has 2 aromatic carbocycles. The fourth-order valence-electron chi connectivity index (χ4n) is 2.83. The standard InChI is InChI=1S/C18H18Cl2N2O3S/c19-13-4-6-14(7-5-13)21-26(24,25)15-8-9-17(20)16(12-15)18(23)22-10-2-1-3-11-22/h4-9,12,21H,1-3,10-11H2. The van der Waals surface area contributed by atoms with E-state index in [4.69, 9.17) is 23.2 Å². The van der Waals surface area contributed by atoms with Gasteiger partial charge in [0.25, 0.3) is 15.9 Å². The highest BCUT2D eigenvalue weighted by Gasteiger charge is 2.23. The molecule has 0 aromatic heterocycles. The van der Waals surface area contributed by atoms with Gasteiger partial charge in [0.2, 0.25) is 0 Å². The predicted octanol–water partition coefficient (Wildman–Crippen LogP) is 4.42. The number of hydrogen-bond donors (Lipinski definition) is 1. The van der Waals surface area contributed by atoms with Gasteiger partial charge < -0.3 is 4.90 Å². The Morgan fingerprint density at radius 1 is 0.962 bits per heavy atom. The zero-order valence-corrected chi connectivity index (χ0v) is 16.2. The van der Waals surface area contributed by atoms with Crippen molar-refractivity contribution in [2.75, 3.05) is 17.8 Å². The Morgan fingerprint density at radius 3 is 2.27 bits per heavy atom. The number of piperidine rings is 1. The molecule has 1 amide bonds. The number of nitrogens with one attached hydrogen (secondary N) is 1. The van der Waals surface area contributed by atoms with Gasteiger partial charge in [0.15, 0.2) is 0 Å². The summed E-state index contributed by atoms with van der Waals surface area (Å²) in [5.41, 5.74) is 0.584. The molecule has 1 fully saturated rings. The zero-order chi connectivity index (χ0) is 18.7. The van der Waals surface area contributed by atoms with Gasteiger partial charge in [-0.15, -0.1) is 0 Å². The SMILES string of the molecule is O=C(c1cc(S(=O)(=O)Nc2ccc(Cl)cc2)ccc1Cl)N1CCCCC1. The minimum atomic E-state index is -3.85. The van der Waals surface area contributed by atoms with Crippen LogP contribution in [-0.4, -0.2) is 32.3 Å². The first-order chi connectivity index (χ1) is 12.4. The van der Waals surface area contributed by atoms with Gasteiger partial charge in [-0.25, -0.2) is 8.42 Å². The molecule has 2 aromatic rings. The number of sulfonamides is 1. The summed E-state index contributed by atoms with van der Waals surface area (Å²) in [7, 11) is -3.85. The van der Waals surface area contributed by atoms with Gasteiger partial charge in [-0.2, -0.15) is 0 Å². The molecule has 26 heavy (non-hydrogen) atoms. The van der Waals surface area contributed by atoms with Crippen molar-refractivity contribution in [2.24, 2.45) is 0 Å². The number of carbonyl (C=O) groups excluding carboxylic acids is 1. The van der Waals surface area contributed by atoms with Crippen LogP contribution < -0.4 is 4.72 Å². The quantitative estimate of drug-likeness (QED) is 0.807. The molecule has 1 heterocycles. The van der Waals surface area contributed by atoms with Crippen molar-refractivity contribution in [2.45, 2.75) is 24.2 Å². The highest BCUT2D eigenvalue weighted by molar-refractivity contribution is 7.92. The lowest BCUT2D eigenvalue weighted by molar-refractivity contribution is 0.0724. The number of carbonyl (C=O) groups is 1. The maximum Gasteiger partial charge on any atom is 0.261 e. The van der Waals surface area contributed by atoms with E-state index >= 15 is 0 Å². The molecule has 1 saturated heterocycles. The third-order valence-electron chi connectivity index (χ3n) is 4.22. The summed E-state index contributed by atoms with van der Waals surface area (Å²) in [6.45, 7) is 1.32. The van der Waals surface area contributed by atoms with Gasteiger partial charge in [-0.05, 0) is 61.7 Å². The summed E-state index contributed by atoms with van der Waals surface area (Å²) in [5.74, 6) is -0.238. The van der Waals surface area contributed by atoms with Crippen LogP contribution in [0.2, 0.25) is 10.0 Å². The van der Waals surface area contributed by atoms with Crippen LogP contribution in [0.1, 0.15) is 29.6 Å². The maximum atomic E-state index is 12.7. The second kappa shape index (κ2) is 7.86. The van der Waals surface area contributed by atoms with Crippen LogP contribution >= 0.6 is 23.2 Å². The summed E-state index contributed by atoms with van der Waals surface area (Å²) in [5, 5.41) is 0.750. The van der Waals surface area contributed by atoms with Crippen LogP contribution in [0, 0.1) is 0 Å². The number of hydrogen-bond acceptors (Lipinski definition) is 3. The number of halogens is 2. The Kier molecular flexibility index (Phi) is 5.75. The molecular formula is C18H18Cl2N2O3S. The van der Waals surface area contributed by atoms with Crippen LogP contribution in [0.3, 0.4) is 0 Å².